The summed E-state index contributed by atoms with van der Waals surface area (Å²) in [5, 5.41) is 13.7. The molecule has 13 heteroatoms. The van der Waals surface area contributed by atoms with Crippen LogP contribution in [0, 0.1) is 0 Å². The number of aromatic amines is 1. The predicted molar refractivity (Wildman–Crippen MR) is 104 cm³/mol. The Balaban J connectivity index is 1.88. The summed E-state index contributed by atoms with van der Waals surface area (Å²) in [6, 6.07) is 2.93. The van der Waals surface area contributed by atoms with Crippen LogP contribution in [0.5, 0.6) is 0 Å². The number of alkyl halides is 6. The number of hydrogen-bond acceptors (Lipinski definition) is 5. The molecule has 1 amide bonds. The molecular formula is C19H16F6N4O2S. The first-order valence-electron chi connectivity index (χ1n) is 8.98. The number of thiazole rings is 1. The number of amides is 1. The summed E-state index contributed by atoms with van der Waals surface area (Å²) in [6.07, 6.45) is -9.99. The van der Waals surface area contributed by atoms with E-state index in [0.717, 1.165) is 17.4 Å². The van der Waals surface area contributed by atoms with Crippen molar-refractivity contribution in [2.75, 3.05) is 6.54 Å². The fourth-order valence-electron chi connectivity index (χ4n) is 2.89. The zero-order valence-electron chi connectivity index (χ0n) is 16.0. The summed E-state index contributed by atoms with van der Waals surface area (Å²) in [5.74, 6) is -0.701. The minimum absolute atomic E-state index is 0.0293. The molecule has 1 atom stereocenters. The Morgan fingerprint density at radius 3 is 2.44 bits per heavy atom. The van der Waals surface area contributed by atoms with E-state index in [1.54, 1.807) is 5.38 Å². The fraction of sp³-hybridized carbons (Fsp3) is 0.263. The van der Waals surface area contributed by atoms with E-state index in [1.807, 2.05) is 0 Å². The Morgan fingerprint density at radius 2 is 1.88 bits per heavy atom. The first kappa shape index (κ1) is 23.8. The number of nitrogens with two attached hydrogens (primary N) is 1. The molecule has 1 unspecified atom stereocenters. The second-order valence-corrected chi connectivity index (χ2v) is 7.53. The van der Waals surface area contributed by atoms with E-state index in [-0.39, 0.29) is 30.6 Å². The lowest BCUT2D eigenvalue weighted by Crippen LogP contribution is -2.33. The monoisotopic (exact) mass is 478 g/mol. The number of aliphatic hydroxyl groups is 1. The Morgan fingerprint density at radius 1 is 1.16 bits per heavy atom. The van der Waals surface area contributed by atoms with Crippen LogP contribution < -0.4 is 11.1 Å². The maximum absolute atomic E-state index is 13.4. The Kier molecular flexibility index (Phi) is 6.62. The van der Waals surface area contributed by atoms with Crippen LogP contribution in [0.1, 0.15) is 38.4 Å². The molecule has 172 valence electrons. The molecule has 0 bridgehead atoms. The van der Waals surface area contributed by atoms with Gasteiger partial charge in [-0.1, -0.05) is 6.07 Å². The summed E-state index contributed by atoms with van der Waals surface area (Å²) in [7, 11) is 0. The zero-order chi connectivity index (χ0) is 23.7. The van der Waals surface area contributed by atoms with Crippen molar-refractivity contribution >= 4 is 17.2 Å². The highest BCUT2D eigenvalue weighted by Gasteiger charge is 2.38. The van der Waals surface area contributed by atoms with Crippen molar-refractivity contribution in [3.63, 3.8) is 0 Å². The largest absolute Gasteiger partial charge is 0.417 e. The highest BCUT2D eigenvalue weighted by molar-refractivity contribution is 7.09. The fourth-order valence-corrected chi connectivity index (χ4v) is 3.76. The Labute approximate surface area is 181 Å². The van der Waals surface area contributed by atoms with Crippen molar-refractivity contribution in [2.24, 2.45) is 5.73 Å². The molecule has 2 aromatic heterocycles. The van der Waals surface area contributed by atoms with Crippen molar-refractivity contribution in [3.8, 4) is 11.3 Å². The topological polar surface area (TPSA) is 104 Å². The molecule has 5 N–H and O–H groups in total. The minimum atomic E-state index is -5.05. The molecule has 0 radical (unpaired) electrons. The number of carbonyl (C=O) groups is 1. The van der Waals surface area contributed by atoms with Gasteiger partial charge in [0, 0.05) is 23.2 Å². The Bertz CT molecular complexity index is 1110. The van der Waals surface area contributed by atoms with E-state index < -0.39 is 41.0 Å². The van der Waals surface area contributed by atoms with E-state index in [2.05, 4.69) is 15.3 Å². The molecule has 32 heavy (non-hydrogen) atoms. The number of carbonyl (C=O) groups excluding carboxylic acids is 1. The zero-order valence-corrected chi connectivity index (χ0v) is 16.8. The predicted octanol–water partition coefficient (Wildman–Crippen LogP) is 4.10. The van der Waals surface area contributed by atoms with Crippen LogP contribution in [0.3, 0.4) is 0 Å². The van der Waals surface area contributed by atoms with Gasteiger partial charge in [-0.2, -0.15) is 26.3 Å². The average molecular weight is 478 g/mol. The van der Waals surface area contributed by atoms with Crippen LogP contribution in [0.15, 0.2) is 35.7 Å². The van der Waals surface area contributed by atoms with Crippen LogP contribution >= 0.6 is 11.3 Å². The van der Waals surface area contributed by atoms with Crippen LogP contribution in [0.25, 0.3) is 11.3 Å². The first-order valence-corrected chi connectivity index (χ1v) is 9.86. The van der Waals surface area contributed by atoms with Gasteiger partial charge in [0.05, 0.1) is 29.5 Å². The van der Waals surface area contributed by atoms with Gasteiger partial charge in [0.25, 0.3) is 5.91 Å². The average Bonchev–Trinajstić information content (AvgIpc) is 3.40. The quantitative estimate of drug-likeness (QED) is 0.401. The molecule has 0 saturated carbocycles. The second kappa shape index (κ2) is 8.92. The second-order valence-electron chi connectivity index (χ2n) is 6.64. The SMILES string of the molecule is NCC(NC(=O)c1ccc(-c2ccc(C(F)(F)F)cc2C(F)(F)F)[nH]1)c1nc(CO)cs1. The number of benzene rings is 1. The number of nitrogens with one attached hydrogen (secondary N) is 2. The van der Waals surface area contributed by atoms with Gasteiger partial charge in [0.2, 0.25) is 0 Å². The van der Waals surface area contributed by atoms with Crippen molar-refractivity contribution in [1.29, 1.82) is 0 Å². The number of aliphatic hydroxyl groups excluding tert-OH is 1. The van der Waals surface area contributed by atoms with Gasteiger partial charge in [-0.15, -0.1) is 11.3 Å². The molecule has 0 aliphatic carbocycles. The van der Waals surface area contributed by atoms with E-state index in [1.165, 1.54) is 6.07 Å². The lowest BCUT2D eigenvalue weighted by molar-refractivity contribution is -0.142. The molecule has 2 heterocycles. The van der Waals surface area contributed by atoms with Gasteiger partial charge in [-0.05, 0) is 24.3 Å². The number of H-pyrrole nitrogens is 1. The number of halogens is 6. The molecule has 0 fully saturated rings. The van der Waals surface area contributed by atoms with E-state index in [9.17, 15) is 31.1 Å². The number of hydrogen-bond donors (Lipinski definition) is 4. The summed E-state index contributed by atoms with van der Waals surface area (Å²) in [4.78, 5) is 19.2. The normalized spacial score (nSPS) is 13.2. The molecule has 0 aliphatic heterocycles. The number of rotatable bonds is 6. The van der Waals surface area contributed by atoms with Crippen LogP contribution in [-0.2, 0) is 19.0 Å². The highest BCUT2D eigenvalue weighted by atomic mass is 32.1. The molecule has 0 aliphatic rings. The maximum Gasteiger partial charge on any atom is 0.417 e. The molecule has 0 spiro atoms. The summed E-state index contributed by atoms with van der Waals surface area (Å²) in [5.41, 5.74) is 2.29. The maximum atomic E-state index is 13.4. The standard InChI is InChI=1S/C19H16F6N4O2S/c20-18(21,22)9-1-2-11(12(5-9)19(23,24)25)13-3-4-14(28-13)16(31)29-15(6-26)17-27-10(7-30)8-32-17/h1-5,8,15,28,30H,6-7,26H2,(H,29,31). The molecule has 0 saturated heterocycles. The van der Waals surface area contributed by atoms with Crippen molar-refractivity contribution in [2.45, 2.75) is 25.0 Å². The van der Waals surface area contributed by atoms with Gasteiger partial charge < -0.3 is 21.1 Å². The molecule has 3 aromatic rings. The van der Waals surface area contributed by atoms with Crippen molar-refractivity contribution < 1.29 is 36.2 Å². The molecule has 3 rings (SSSR count). The van der Waals surface area contributed by atoms with Crippen LogP contribution in [0.2, 0.25) is 0 Å². The van der Waals surface area contributed by atoms with Gasteiger partial charge in [0.1, 0.15) is 10.7 Å². The number of aromatic nitrogens is 2. The van der Waals surface area contributed by atoms with E-state index >= 15 is 0 Å². The van der Waals surface area contributed by atoms with E-state index in [4.69, 9.17) is 10.8 Å². The third-order valence-corrected chi connectivity index (χ3v) is 5.45. The molecule has 6 nitrogen and oxygen atoms in total. The molecular weight excluding hydrogens is 462 g/mol. The summed E-state index contributed by atoms with van der Waals surface area (Å²) >= 11 is 1.16. The van der Waals surface area contributed by atoms with Gasteiger partial charge >= 0.3 is 12.4 Å². The van der Waals surface area contributed by atoms with Crippen molar-refractivity contribution in [3.05, 3.63) is 63.2 Å². The van der Waals surface area contributed by atoms with E-state index in [0.29, 0.717) is 22.8 Å². The minimum Gasteiger partial charge on any atom is -0.390 e. The summed E-state index contributed by atoms with van der Waals surface area (Å²) < 4.78 is 78.8. The van der Waals surface area contributed by atoms with Crippen LogP contribution in [-0.4, -0.2) is 27.5 Å². The van der Waals surface area contributed by atoms with Crippen LogP contribution in [0.4, 0.5) is 26.3 Å². The van der Waals surface area contributed by atoms with Gasteiger partial charge in [-0.25, -0.2) is 4.98 Å². The van der Waals surface area contributed by atoms with Gasteiger partial charge in [-0.3, -0.25) is 4.79 Å². The number of nitrogens with zero attached hydrogens (tertiary/aromatic N) is 1. The first-order chi connectivity index (χ1) is 14.9. The lowest BCUT2D eigenvalue weighted by atomic mass is 10.0. The lowest BCUT2D eigenvalue weighted by Gasteiger charge is -2.15. The van der Waals surface area contributed by atoms with Crippen molar-refractivity contribution in [1.82, 2.24) is 15.3 Å². The van der Waals surface area contributed by atoms with Gasteiger partial charge in [0.15, 0.2) is 0 Å². The smallest absolute Gasteiger partial charge is 0.390 e. The Hall–Kier alpha value is -2.90. The third-order valence-electron chi connectivity index (χ3n) is 4.44. The highest BCUT2D eigenvalue weighted by Crippen LogP contribution is 2.40. The summed E-state index contributed by atoms with van der Waals surface area (Å²) in [6.45, 7) is -0.328. The molecule has 1 aromatic carbocycles. The third kappa shape index (κ3) is 5.11.